The van der Waals surface area contributed by atoms with Gasteiger partial charge in [0.1, 0.15) is 11.6 Å². The number of nitrogens with zero attached hydrogens (tertiary/aromatic N) is 2. The largest absolute Gasteiger partial charge is 0.383 e. The SMILES string of the molecule is Nc1cc(-c2cccc(F)c2)nn1S(=O)(=O)c1ccccc1. The summed E-state index contributed by atoms with van der Waals surface area (Å²) in [6.07, 6.45) is 0. The third-order valence-electron chi connectivity index (χ3n) is 3.09. The van der Waals surface area contributed by atoms with E-state index in [-0.39, 0.29) is 16.4 Å². The summed E-state index contributed by atoms with van der Waals surface area (Å²) in [7, 11) is -3.88. The van der Waals surface area contributed by atoms with Crippen LogP contribution in [0.5, 0.6) is 0 Å². The summed E-state index contributed by atoms with van der Waals surface area (Å²) >= 11 is 0. The molecule has 3 rings (SSSR count). The first-order chi connectivity index (χ1) is 10.5. The molecule has 0 saturated carbocycles. The number of halogens is 1. The van der Waals surface area contributed by atoms with Crippen LogP contribution in [0.3, 0.4) is 0 Å². The standard InChI is InChI=1S/C15H12FN3O2S/c16-12-6-4-5-11(9-12)14-10-15(17)19(18-14)22(20,21)13-7-2-1-3-8-13/h1-10H,17H2. The monoisotopic (exact) mass is 317 g/mol. The molecular weight excluding hydrogens is 305 g/mol. The van der Waals surface area contributed by atoms with E-state index >= 15 is 0 Å². The molecule has 2 aromatic carbocycles. The predicted octanol–water partition coefficient (Wildman–Crippen LogP) is 2.51. The molecule has 2 N–H and O–H groups in total. The number of benzene rings is 2. The fraction of sp³-hybridized carbons (Fsp3) is 0. The zero-order valence-electron chi connectivity index (χ0n) is 11.3. The minimum atomic E-state index is -3.88. The van der Waals surface area contributed by atoms with Crippen molar-refractivity contribution in [2.75, 3.05) is 5.73 Å². The molecule has 0 spiro atoms. The Balaban J connectivity index is 2.11. The Labute approximate surface area is 126 Å². The van der Waals surface area contributed by atoms with E-state index in [0.29, 0.717) is 5.56 Å². The van der Waals surface area contributed by atoms with Gasteiger partial charge < -0.3 is 5.73 Å². The van der Waals surface area contributed by atoms with Crippen LogP contribution >= 0.6 is 0 Å². The second-order valence-corrected chi connectivity index (χ2v) is 6.39. The molecule has 0 atom stereocenters. The van der Waals surface area contributed by atoms with Gasteiger partial charge in [-0.2, -0.15) is 13.5 Å². The van der Waals surface area contributed by atoms with Gasteiger partial charge in [0.2, 0.25) is 0 Å². The molecule has 0 bridgehead atoms. The lowest BCUT2D eigenvalue weighted by Crippen LogP contribution is -2.16. The molecule has 0 radical (unpaired) electrons. The lowest BCUT2D eigenvalue weighted by atomic mass is 10.1. The van der Waals surface area contributed by atoms with Gasteiger partial charge in [-0.1, -0.05) is 30.3 Å². The average Bonchev–Trinajstić information content (AvgIpc) is 2.91. The third-order valence-corrected chi connectivity index (χ3v) is 4.71. The van der Waals surface area contributed by atoms with Crippen LogP contribution in [0.25, 0.3) is 11.3 Å². The molecule has 0 aliphatic rings. The van der Waals surface area contributed by atoms with Crippen LogP contribution in [-0.2, 0) is 10.0 Å². The molecule has 0 aliphatic carbocycles. The minimum absolute atomic E-state index is 0.0388. The topological polar surface area (TPSA) is 78.0 Å². The van der Waals surface area contributed by atoms with E-state index < -0.39 is 15.8 Å². The number of hydrogen-bond donors (Lipinski definition) is 1. The highest BCUT2D eigenvalue weighted by atomic mass is 32.2. The summed E-state index contributed by atoms with van der Waals surface area (Å²) in [5.41, 5.74) is 6.51. The summed E-state index contributed by atoms with van der Waals surface area (Å²) in [5, 5.41) is 4.01. The summed E-state index contributed by atoms with van der Waals surface area (Å²) < 4.78 is 39.1. The molecular formula is C15H12FN3O2S. The van der Waals surface area contributed by atoms with E-state index in [1.807, 2.05) is 0 Å². The van der Waals surface area contributed by atoms with Gasteiger partial charge >= 0.3 is 0 Å². The Morgan fingerprint density at radius 2 is 1.73 bits per heavy atom. The second-order valence-electron chi connectivity index (χ2n) is 4.63. The highest BCUT2D eigenvalue weighted by Crippen LogP contribution is 2.24. The van der Waals surface area contributed by atoms with Gasteiger partial charge in [-0.15, -0.1) is 4.09 Å². The number of anilines is 1. The van der Waals surface area contributed by atoms with Crippen molar-refractivity contribution in [3.8, 4) is 11.3 Å². The third kappa shape index (κ3) is 2.46. The molecule has 112 valence electrons. The van der Waals surface area contributed by atoms with Crippen LogP contribution in [-0.4, -0.2) is 17.6 Å². The Morgan fingerprint density at radius 3 is 2.41 bits per heavy atom. The van der Waals surface area contributed by atoms with Crippen molar-refractivity contribution in [1.82, 2.24) is 9.19 Å². The molecule has 22 heavy (non-hydrogen) atoms. The number of nitrogen functional groups attached to an aromatic ring is 1. The van der Waals surface area contributed by atoms with Gasteiger partial charge in [-0.3, -0.25) is 0 Å². The normalized spacial score (nSPS) is 11.5. The second kappa shape index (κ2) is 5.27. The van der Waals surface area contributed by atoms with E-state index in [9.17, 15) is 12.8 Å². The van der Waals surface area contributed by atoms with Gasteiger partial charge in [0.25, 0.3) is 10.0 Å². The number of aromatic nitrogens is 2. The van der Waals surface area contributed by atoms with Crippen LogP contribution in [0.2, 0.25) is 0 Å². The van der Waals surface area contributed by atoms with Crippen LogP contribution in [0, 0.1) is 5.82 Å². The number of rotatable bonds is 3. The maximum Gasteiger partial charge on any atom is 0.284 e. The van der Waals surface area contributed by atoms with E-state index in [2.05, 4.69) is 5.10 Å². The summed E-state index contributed by atoms with van der Waals surface area (Å²) in [6, 6.07) is 15.0. The fourth-order valence-corrected chi connectivity index (χ4v) is 3.28. The zero-order chi connectivity index (χ0) is 15.7. The summed E-state index contributed by atoms with van der Waals surface area (Å²) in [6.45, 7) is 0. The quantitative estimate of drug-likeness (QED) is 0.805. The van der Waals surface area contributed by atoms with Crippen molar-refractivity contribution < 1.29 is 12.8 Å². The van der Waals surface area contributed by atoms with Crippen LogP contribution in [0.4, 0.5) is 10.2 Å². The zero-order valence-corrected chi connectivity index (χ0v) is 12.2. The molecule has 0 aliphatic heterocycles. The van der Waals surface area contributed by atoms with Gasteiger partial charge in [-0.25, -0.2) is 4.39 Å². The molecule has 0 amide bonds. The number of nitrogens with two attached hydrogens (primary N) is 1. The van der Waals surface area contributed by atoms with E-state index in [4.69, 9.17) is 5.73 Å². The Kier molecular flexibility index (Phi) is 3.42. The molecule has 0 unspecified atom stereocenters. The van der Waals surface area contributed by atoms with Gasteiger partial charge in [0.05, 0.1) is 10.6 Å². The van der Waals surface area contributed by atoms with Crippen LogP contribution in [0.1, 0.15) is 0 Å². The van der Waals surface area contributed by atoms with Crippen molar-refractivity contribution in [3.05, 3.63) is 66.5 Å². The van der Waals surface area contributed by atoms with Crippen molar-refractivity contribution in [1.29, 1.82) is 0 Å². The van der Waals surface area contributed by atoms with Crippen LogP contribution in [0.15, 0.2) is 65.6 Å². The fourth-order valence-electron chi connectivity index (χ4n) is 2.05. The molecule has 1 heterocycles. The predicted molar refractivity (Wildman–Crippen MR) is 81.1 cm³/mol. The molecule has 0 saturated heterocycles. The Morgan fingerprint density at radius 1 is 1.00 bits per heavy atom. The highest BCUT2D eigenvalue weighted by molar-refractivity contribution is 7.90. The van der Waals surface area contributed by atoms with Gasteiger partial charge in [-0.05, 0) is 24.3 Å². The summed E-state index contributed by atoms with van der Waals surface area (Å²) in [4.78, 5) is 0.0793. The molecule has 0 fully saturated rings. The van der Waals surface area contributed by atoms with Crippen molar-refractivity contribution in [3.63, 3.8) is 0 Å². The lowest BCUT2D eigenvalue weighted by Gasteiger charge is -2.05. The van der Waals surface area contributed by atoms with E-state index in [0.717, 1.165) is 4.09 Å². The van der Waals surface area contributed by atoms with E-state index in [1.165, 1.54) is 36.4 Å². The molecule has 1 aromatic heterocycles. The van der Waals surface area contributed by atoms with E-state index in [1.54, 1.807) is 24.3 Å². The highest BCUT2D eigenvalue weighted by Gasteiger charge is 2.21. The lowest BCUT2D eigenvalue weighted by molar-refractivity contribution is 0.581. The summed E-state index contributed by atoms with van der Waals surface area (Å²) in [5.74, 6) is -0.473. The first-order valence-electron chi connectivity index (χ1n) is 6.40. The van der Waals surface area contributed by atoms with Gasteiger partial charge in [0, 0.05) is 11.6 Å². The Hall–Kier alpha value is -2.67. The smallest absolute Gasteiger partial charge is 0.284 e. The molecule has 3 aromatic rings. The first-order valence-corrected chi connectivity index (χ1v) is 7.84. The van der Waals surface area contributed by atoms with Crippen molar-refractivity contribution in [2.45, 2.75) is 4.90 Å². The first kappa shape index (κ1) is 14.3. The maximum atomic E-state index is 13.3. The van der Waals surface area contributed by atoms with Crippen LogP contribution < -0.4 is 5.73 Å². The molecule has 5 nitrogen and oxygen atoms in total. The molecule has 7 heteroatoms. The Bertz CT molecular complexity index is 921. The van der Waals surface area contributed by atoms with Gasteiger partial charge in [0.15, 0.2) is 0 Å². The maximum absolute atomic E-state index is 13.3. The average molecular weight is 317 g/mol. The minimum Gasteiger partial charge on any atom is -0.383 e. The van der Waals surface area contributed by atoms with Crippen molar-refractivity contribution in [2.24, 2.45) is 0 Å². The van der Waals surface area contributed by atoms with Crippen molar-refractivity contribution >= 4 is 15.8 Å². The number of hydrogen-bond acceptors (Lipinski definition) is 4.